The van der Waals surface area contributed by atoms with Crippen molar-refractivity contribution >= 4 is 17.5 Å². The minimum absolute atomic E-state index is 0.163. The van der Waals surface area contributed by atoms with Crippen molar-refractivity contribution in [3.05, 3.63) is 42.3 Å². The molecule has 0 aliphatic carbocycles. The summed E-state index contributed by atoms with van der Waals surface area (Å²) >= 11 is 0. The van der Waals surface area contributed by atoms with Crippen molar-refractivity contribution in [2.24, 2.45) is 5.92 Å². The zero-order valence-electron chi connectivity index (χ0n) is 15.0. The number of hydrogen-bond acceptors (Lipinski definition) is 5. The molecule has 1 aliphatic rings. The van der Waals surface area contributed by atoms with Crippen LogP contribution in [-0.2, 0) is 0 Å². The fraction of sp³-hybridized carbons (Fsp3) is 0.474. The Balaban J connectivity index is 1.58. The minimum atomic E-state index is -0.163. The van der Waals surface area contributed by atoms with E-state index in [1.54, 1.807) is 12.3 Å². The lowest BCUT2D eigenvalue weighted by Gasteiger charge is -2.36. The van der Waals surface area contributed by atoms with Gasteiger partial charge in [0.1, 0.15) is 11.6 Å². The van der Waals surface area contributed by atoms with Gasteiger partial charge in [-0.1, -0.05) is 26.0 Å². The van der Waals surface area contributed by atoms with Crippen LogP contribution in [-0.4, -0.2) is 42.7 Å². The van der Waals surface area contributed by atoms with Gasteiger partial charge in [0, 0.05) is 38.9 Å². The maximum atomic E-state index is 13.9. The van der Waals surface area contributed by atoms with Gasteiger partial charge < -0.3 is 15.1 Å². The third-order valence-corrected chi connectivity index (χ3v) is 4.43. The van der Waals surface area contributed by atoms with Gasteiger partial charge in [-0.2, -0.15) is 4.98 Å². The van der Waals surface area contributed by atoms with Gasteiger partial charge in [0.05, 0.1) is 5.69 Å². The van der Waals surface area contributed by atoms with E-state index in [9.17, 15) is 4.39 Å². The molecule has 0 bridgehead atoms. The van der Waals surface area contributed by atoms with Crippen LogP contribution in [0.1, 0.15) is 20.3 Å². The first-order chi connectivity index (χ1) is 12.1. The van der Waals surface area contributed by atoms with Gasteiger partial charge in [-0.25, -0.2) is 9.37 Å². The van der Waals surface area contributed by atoms with Crippen LogP contribution in [0.5, 0.6) is 0 Å². The summed E-state index contributed by atoms with van der Waals surface area (Å²) in [6, 6.07) is 8.85. The molecule has 0 saturated carbocycles. The average Bonchev–Trinajstić information content (AvgIpc) is 2.62. The minimum Gasteiger partial charge on any atom is -0.370 e. The van der Waals surface area contributed by atoms with E-state index in [1.165, 1.54) is 6.07 Å². The second-order valence-corrected chi connectivity index (χ2v) is 6.78. The molecule has 0 spiro atoms. The lowest BCUT2D eigenvalue weighted by Crippen LogP contribution is -2.47. The van der Waals surface area contributed by atoms with Crippen molar-refractivity contribution in [2.45, 2.75) is 20.3 Å². The van der Waals surface area contributed by atoms with Gasteiger partial charge in [-0.15, -0.1) is 0 Å². The maximum Gasteiger partial charge on any atom is 0.227 e. The van der Waals surface area contributed by atoms with Crippen LogP contribution in [0.4, 0.5) is 21.8 Å². The summed E-state index contributed by atoms with van der Waals surface area (Å²) in [6.45, 7) is 8.41. The molecule has 1 N–H and O–H groups in total. The van der Waals surface area contributed by atoms with Crippen LogP contribution in [0, 0.1) is 11.7 Å². The van der Waals surface area contributed by atoms with Crippen LogP contribution in [0.3, 0.4) is 0 Å². The Morgan fingerprint density at radius 1 is 1.08 bits per heavy atom. The first kappa shape index (κ1) is 17.5. The van der Waals surface area contributed by atoms with Crippen LogP contribution in [0.2, 0.25) is 0 Å². The number of anilines is 3. The van der Waals surface area contributed by atoms with E-state index in [1.807, 2.05) is 18.2 Å². The molecule has 2 aromatic rings. The number of para-hydroxylation sites is 1. The Morgan fingerprint density at radius 2 is 1.80 bits per heavy atom. The number of benzene rings is 1. The summed E-state index contributed by atoms with van der Waals surface area (Å²) in [6.07, 6.45) is 2.91. The highest BCUT2D eigenvalue weighted by Gasteiger charge is 2.21. The number of piperazine rings is 1. The van der Waals surface area contributed by atoms with E-state index in [-0.39, 0.29) is 5.82 Å². The Kier molecular flexibility index (Phi) is 5.68. The number of hydrogen-bond donors (Lipinski definition) is 1. The van der Waals surface area contributed by atoms with Crippen LogP contribution in [0.15, 0.2) is 36.5 Å². The van der Waals surface area contributed by atoms with Gasteiger partial charge in [-0.3, -0.25) is 0 Å². The zero-order valence-corrected chi connectivity index (χ0v) is 15.0. The van der Waals surface area contributed by atoms with Gasteiger partial charge in [0.25, 0.3) is 0 Å². The molecule has 0 atom stereocenters. The van der Waals surface area contributed by atoms with E-state index in [4.69, 9.17) is 0 Å². The van der Waals surface area contributed by atoms with Crippen molar-refractivity contribution in [3.8, 4) is 0 Å². The molecule has 1 aromatic carbocycles. The third-order valence-electron chi connectivity index (χ3n) is 4.43. The van der Waals surface area contributed by atoms with Crippen molar-refractivity contribution in [2.75, 3.05) is 47.8 Å². The zero-order chi connectivity index (χ0) is 17.6. The Hall–Kier alpha value is -2.37. The lowest BCUT2D eigenvalue weighted by molar-refractivity contribution is 0.593. The van der Waals surface area contributed by atoms with E-state index in [0.717, 1.165) is 50.9 Å². The van der Waals surface area contributed by atoms with Gasteiger partial charge in [-0.05, 0) is 30.5 Å². The molecule has 2 heterocycles. The summed E-state index contributed by atoms with van der Waals surface area (Å²) in [7, 11) is 0. The normalized spacial score (nSPS) is 14.9. The van der Waals surface area contributed by atoms with Crippen molar-refractivity contribution in [3.63, 3.8) is 0 Å². The largest absolute Gasteiger partial charge is 0.370 e. The lowest BCUT2D eigenvalue weighted by atomic mass is 10.1. The second-order valence-electron chi connectivity index (χ2n) is 6.78. The smallest absolute Gasteiger partial charge is 0.227 e. The van der Waals surface area contributed by atoms with Gasteiger partial charge in [0.15, 0.2) is 0 Å². The molecule has 3 rings (SSSR count). The molecule has 0 radical (unpaired) electrons. The molecule has 5 nitrogen and oxygen atoms in total. The third kappa shape index (κ3) is 4.59. The van der Waals surface area contributed by atoms with Crippen molar-refractivity contribution in [1.82, 2.24) is 9.97 Å². The SMILES string of the molecule is CC(C)CCNc1ccnc(N2CCN(c3ccccc3F)CC2)n1. The standard InChI is InChI=1S/C19H26FN5/c1-15(2)7-9-21-18-8-10-22-19(23-18)25-13-11-24(12-14-25)17-6-4-3-5-16(17)20/h3-6,8,10,15H,7,9,11-14H2,1-2H3,(H,21,22,23). The molecule has 6 heteroatoms. The molecule has 1 aromatic heterocycles. The van der Waals surface area contributed by atoms with E-state index < -0.39 is 0 Å². The van der Waals surface area contributed by atoms with Gasteiger partial charge >= 0.3 is 0 Å². The number of rotatable bonds is 6. The highest BCUT2D eigenvalue weighted by Crippen LogP contribution is 2.21. The van der Waals surface area contributed by atoms with Crippen LogP contribution >= 0.6 is 0 Å². The highest BCUT2D eigenvalue weighted by molar-refractivity contribution is 5.50. The van der Waals surface area contributed by atoms with E-state index in [2.05, 4.69) is 38.9 Å². The predicted octanol–water partition coefficient (Wildman–Crippen LogP) is 3.40. The number of aromatic nitrogens is 2. The number of nitrogens with one attached hydrogen (secondary N) is 1. The van der Waals surface area contributed by atoms with Crippen molar-refractivity contribution < 1.29 is 4.39 Å². The molecule has 1 aliphatic heterocycles. The quantitative estimate of drug-likeness (QED) is 0.871. The van der Waals surface area contributed by atoms with E-state index in [0.29, 0.717) is 11.6 Å². The number of nitrogens with zero attached hydrogens (tertiary/aromatic N) is 4. The second kappa shape index (κ2) is 8.14. The first-order valence-electron chi connectivity index (χ1n) is 8.95. The topological polar surface area (TPSA) is 44.3 Å². The summed E-state index contributed by atoms with van der Waals surface area (Å²) < 4.78 is 13.9. The average molecular weight is 343 g/mol. The molecule has 1 fully saturated rings. The molecular weight excluding hydrogens is 317 g/mol. The fourth-order valence-electron chi connectivity index (χ4n) is 2.94. The van der Waals surface area contributed by atoms with Crippen LogP contribution in [0.25, 0.3) is 0 Å². The highest BCUT2D eigenvalue weighted by atomic mass is 19.1. The van der Waals surface area contributed by atoms with Crippen molar-refractivity contribution in [1.29, 1.82) is 0 Å². The fourth-order valence-corrected chi connectivity index (χ4v) is 2.94. The monoisotopic (exact) mass is 343 g/mol. The first-order valence-corrected chi connectivity index (χ1v) is 8.95. The summed E-state index contributed by atoms with van der Waals surface area (Å²) in [5, 5.41) is 3.36. The van der Waals surface area contributed by atoms with Gasteiger partial charge in [0.2, 0.25) is 5.95 Å². The Labute approximate surface area is 148 Å². The molecule has 134 valence electrons. The summed E-state index contributed by atoms with van der Waals surface area (Å²) in [5.74, 6) is 2.11. The van der Waals surface area contributed by atoms with E-state index >= 15 is 0 Å². The molecule has 1 saturated heterocycles. The maximum absolute atomic E-state index is 13.9. The predicted molar refractivity (Wildman–Crippen MR) is 101 cm³/mol. The molecule has 0 amide bonds. The van der Waals surface area contributed by atoms with Crippen LogP contribution < -0.4 is 15.1 Å². The Bertz CT molecular complexity index is 683. The summed E-state index contributed by atoms with van der Waals surface area (Å²) in [5.41, 5.74) is 0.673. The number of halogens is 1. The molecule has 0 unspecified atom stereocenters. The molecular formula is C19H26FN5. The Morgan fingerprint density at radius 3 is 2.52 bits per heavy atom. The molecule has 25 heavy (non-hydrogen) atoms. The summed E-state index contributed by atoms with van der Waals surface area (Å²) in [4.78, 5) is 13.3.